The third-order valence-corrected chi connectivity index (χ3v) is 11.4. The molecule has 0 fully saturated rings. The molecule has 0 N–H and O–H groups in total. The van der Waals surface area contributed by atoms with Gasteiger partial charge in [0.2, 0.25) is 0 Å². The molecule has 0 saturated heterocycles. The molecule has 61 heavy (non-hydrogen) atoms. The van der Waals surface area contributed by atoms with Crippen LogP contribution in [0.5, 0.6) is 0 Å². The van der Waals surface area contributed by atoms with Crippen LogP contribution in [0, 0.1) is 0 Å². The predicted molar refractivity (Wildman–Crippen MR) is 251 cm³/mol. The molecule has 0 amide bonds. The lowest BCUT2D eigenvalue weighted by atomic mass is 9.96. The van der Waals surface area contributed by atoms with E-state index in [-0.39, 0.29) is 0 Å². The molecule has 4 heteroatoms. The Morgan fingerprint density at radius 2 is 0.623 bits per heavy atom. The van der Waals surface area contributed by atoms with Crippen molar-refractivity contribution >= 4 is 21.9 Å². The lowest BCUT2D eigenvalue weighted by Gasteiger charge is -2.10. The Bertz CT molecular complexity index is 3300. The van der Waals surface area contributed by atoms with Crippen LogP contribution in [0.15, 0.2) is 229 Å². The Kier molecular flexibility index (Phi) is 9.14. The zero-order valence-corrected chi connectivity index (χ0v) is 33.1. The summed E-state index contributed by atoms with van der Waals surface area (Å²) in [7, 11) is 0. The fourth-order valence-electron chi connectivity index (χ4n) is 8.20. The monoisotopic (exact) mass is 779 g/mol. The van der Waals surface area contributed by atoms with E-state index in [1.807, 2.05) is 24.3 Å². The molecule has 11 rings (SSSR count). The highest BCUT2D eigenvalue weighted by Crippen LogP contribution is 2.39. The van der Waals surface area contributed by atoms with Gasteiger partial charge in [0.25, 0.3) is 0 Å². The summed E-state index contributed by atoms with van der Waals surface area (Å²) >= 11 is 0. The maximum absolute atomic E-state index is 6.58. The SMILES string of the molecule is c1ccc(-c2ccc(-c3nc(-c4ccc(-c5cccc(-c6ccccc6)c5)cc4)nc(-c4ccc5c(c4)oc4cccc(-c6ccc(-c7ccccc7)cc6)c45)n3)cc2)cc1. The average Bonchev–Trinajstić information content (AvgIpc) is 3.73. The number of furan rings is 1. The largest absolute Gasteiger partial charge is 0.456 e. The van der Waals surface area contributed by atoms with Crippen molar-refractivity contribution in [1.82, 2.24) is 15.0 Å². The number of hydrogen-bond acceptors (Lipinski definition) is 4. The molecule has 2 heterocycles. The molecule has 286 valence electrons. The first-order valence-electron chi connectivity index (χ1n) is 20.5. The minimum atomic E-state index is 0.575. The second-order valence-electron chi connectivity index (χ2n) is 15.2. The van der Waals surface area contributed by atoms with Gasteiger partial charge in [0.15, 0.2) is 17.5 Å². The van der Waals surface area contributed by atoms with Gasteiger partial charge in [0.05, 0.1) is 0 Å². The molecular weight excluding hydrogens is 743 g/mol. The van der Waals surface area contributed by atoms with Crippen LogP contribution in [-0.4, -0.2) is 15.0 Å². The van der Waals surface area contributed by atoms with Crippen LogP contribution in [0.3, 0.4) is 0 Å². The number of nitrogens with zero attached hydrogens (tertiary/aromatic N) is 3. The highest BCUT2D eigenvalue weighted by atomic mass is 16.3. The molecule has 0 saturated carbocycles. The fraction of sp³-hybridized carbons (Fsp3) is 0. The molecular formula is C57H37N3O. The van der Waals surface area contributed by atoms with E-state index >= 15 is 0 Å². The smallest absolute Gasteiger partial charge is 0.164 e. The summed E-state index contributed by atoms with van der Waals surface area (Å²) in [6.45, 7) is 0. The summed E-state index contributed by atoms with van der Waals surface area (Å²) in [5, 5.41) is 2.13. The average molecular weight is 780 g/mol. The summed E-state index contributed by atoms with van der Waals surface area (Å²) in [6, 6.07) is 78.2. The highest BCUT2D eigenvalue weighted by molar-refractivity contribution is 6.13. The molecule has 0 unspecified atom stereocenters. The Hall–Kier alpha value is -8.21. The molecule has 0 bridgehead atoms. The van der Waals surface area contributed by atoms with E-state index in [0.717, 1.165) is 72.0 Å². The van der Waals surface area contributed by atoms with Crippen LogP contribution >= 0.6 is 0 Å². The van der Waals surface area contributed by atoms with Crippen molar-refractivity contribution in [3.63, 3.8) is 0 Å². The van der Waals surface area contributed by atoms with Crippen LogP contribution in [-0.2, 0) is 0 Å². The molecule has 0 radical (unpaired) electrons. The Morgan fingerprint density at radius 3 is 1.15 bits per heavy atom. The second kappa shape index (κ2) is 15.5. The molecule has 0 aliphatic carbocycles. The summed E-state index contributed by atoms with van der Waals surface area (Å²) in [5.74, 6) is 1.78. The van der Waals surface area contributed by atoms with Crippen LogP contribution in [0.1, 0.15) is 0 Å². The van der Waals surface area contributed by atoms with Gasteiger partial charge in [-0.1, -0.05) is 200 Å². The summed E-state index contributed by atoms with van der Waals surface area (Å²) < 4.78 is 6.58. The third kappa shape index (κ3) is 7.07. The maximum atomic E-state index is 6.58. The first-order chi connectivity index (χ1) is 30.2. The number of rotatable bonds is 8. The van der Waals surface area contributed by atoms with Gasteiger partial charge in [-0.2, -0.15) is 0 Å². The number of fused-ring (bicyclic) bond motifs is 3. The standard InChI is InChI=1S/C57H37N3O/c1-4-12-38(13-5-1)41-22-28-44(29-23-41)50-20-11-21-52-54(50)51-35-34-49(37-53(51)61-52)57-59-55(45-30-24-42(25-31-45)39-14-6-2-7-15-39)58-56(60-57)46-32-26-43(27-33-46)48-19-10-18-47(36-48)40-16-8-3-9-17-40/h1-37H. The Labute approximate surface area is 354 Å². The van der Waals surface area contributed by atoms with E-state index in [1.165, 1.54) is 22.3 Å². The van der Waals surface area contributed by atoms with E-state index in [2.05, 4.69) is 200 Å². The van der Waals surface area contributed by atoms with E-state index in [0.29, 0.717) is 17.5 Å². The van der Waals surface area contributed by atoms with Crippen molar-refractivity contribution in [3.05, 3.63) is 224 Å². The van der Waals surface area contributed by atoms with Crippen LogP contribution in [0.25, 0.3) is 112 Å². The lowest BCUT2D eigenvalue weighted by Crippen LogP contribution is -2.00. The van der Waals surface area contributed by atoms with Gasteiger partial charge in [-0.05, 0) is 79.9 Å². The topological polar surface area (TPSA) is 51.8 Å². The van der Waals surface area contributed by atoms with Crippen molar-refractivity contribution in [2.45, 2.75) is 0 Å². The minimum Gasteiger partial charge on any atom is -0.456 e. The van der Waals surface area contributed by atoms with Gasteiger partial charge in [0, 0.05) is 27.5 Å². The summed E-state index contributed by atoms with van der Waals surface area (Å²) in [5.41, 5.74) is 15.9. The highest BCUT2D eigenvalue weighted by Gasteiger charge is 2.17. The molecule has 9 aromatic carbocycles. The summed E-state index contributed by atoms with van der Waals surface area (Å²) in [6.07, 6.45) is 0. The lowest BCUT2D eigenvalue weighted by molar-refractivity contribution is 0.669. The third-order valence-electron chi connectivity index (χ3n) is 11.4. The minimum absolute atomic E-state index is 0.575. The maximum Gasteiger partial charge on any atom is 0.164 e. The van der Waals surface area contributed by atoms with Gasteiger partial charge >= 0.3 is 0 Å². The van der Waals surface area contributed by atoms with Crippen molar-refractivity contribution in [2.75, 3.05) is 0 Å². The fourth-order valence-corrected chi connectivity index (χ4v) is 8.20. The normalized spacial score (nSPS) is 11.3. The first-order valence-corrected chi connectivity index (χ1v) is 20.5. The van der Waals surface area contributed by atoms with Crippen LogP contribution in [0.4, 0.5) is 0 Å². The van der Waals surface area contributed by atoms with Crippen LogP contribution in [0.2, 0.25) is 0 Å². The quantitative estimate of drug-likeness (QED) is 0.154. The molecule has 0 spiro atoms. The van der Waals surface area contributed by atoms with Crippen molar-refractivity contribution < 1.29 is 4.42 Å². The number of benzene rings is 9. The van der Waals surface area contributed by atoms with Crippen molar-refractivity contribution in [2.24, 2.45) is 0 Å². The summed E-state index contributed by atoms with van der Waals surface area (Å²) in [4.78, 5) is 15.3. The molecule has 11 aromatic rings. The molecule has 2 aromatic heterocycles. The van der Waals surface area contributed by atoms with E-state index in [4.69, 9.17) is 19.4 Å². The molecule has 4 nitrogen and oxygen atoms in total. The van der Waals surface area contributed by atoms with Crippen molar-refractivity contribution in [3.8, 4) is 89.8 Å². The van der Waals surface area contributed by atoms with Crippen molar-refractivity contribution in [1.29, 1.82) is 0 Å². The second-order valence-corrected chi connectivity index (χ2v) is 15.2. The van der Waals surface area contributed by atoms with Gasteiger partial charge in [-0.15, -0.1) is 0 Å². The van der Waals surface area contributed by atoms with Crippen LogP contribution < -0.4 is 0 Å². The van der Waals surface area contributed by atoms with Gasteiger partial charge in [-0.25, -0.2) is 15.0 Å². The molecule has 0 aliphatic rings. The zero-order chi connectivity index (χ0) is 40.5. The van der Waals surface area contributed by atoms with E-state index in [9.17, 15) is 0 Å². The van der Waals surface area contributed by atoms with Gasteiger partial charge in [-0.3, -0.25) is 0 Å². The Balaban J connectivity index is 0.979. The Morgan fingerprint density at radius 1 is 0.246 bits per heavy atom. The van der Waals surface area contributed by atoms with Gasteiger partial charge in [0.1, 0.15) is 11.2 Å². The predicted octanol–water partition coefficient (Wildman–Crippen LogP) is 15.1. The van der Waals surface area contributed by atoms with Gasteiger partial charge < -0.3 is 4.42 Å². The van der Waals surface area contributed by atoms with E-state index < -0.39 is 0 Å². The number of hydrogen-bond donors (Lipinski definition) is 0. The molecule has 0 atom stereocenters. The number of aromatic nitrogens is 3. The molecule has 0 aliphatic heterocycles. The first kappa shape index (κ1) is 35.9. The van der Waals surface area contributed by atoms with E-state index in [1.54, 1.807) is 0 Å². The zero-order valence-electron chi connectivity index (χ0n) is 33.1.